The Labute approximate surface area is 170 Å². The monoisotopic (exact) mass is 398 g/mol. The number of halogens is 1. The van der Waals surface area contributed by atoms with E-state index in [0.717, 1.165) is 42.6 Å². The molecule has 7 nitrogen and oxygen atoms in total. The highest BCUT2D eigenvalue weighted by atomic mass is 35.5. The van der Waals surface area contributed by atoms with Gasteiger partial charge in [-0.3, -0.25) is 4.79 Å². The molecule has 0 radical (unpaired) electrons. The van der Waals surface area contributed by atoms with Gasteiger partial charge in [-0.15, -0.1) is 12.4 Å². The van der Waals surface area contributed by atoms with Gasteiger partial charge in [-0.25, -0.2) is 14.6 Å². The number of nitrogens with zero attached hydrogens (tertiary/aromatic N) is 4. The van der Waals surface area contributed by atoms with Gasteiger partial charge in [-0.1, -0.05) is 24.3 Å². The second-order valence-electron chi connectivity index (χ2n) is 6.73. The Morgan fingerprint density at radius 3 is 2.86 bits per heavy atom. The molecule has 2 N–H and O–H groups in total. The number of rotatable bonds is 6. The molecule has 8 heteroatoms. The van der Waals surface area contributed by atoms with Gasteiger partial charge < -0.3 is 10.6 Å². The fourth-order valence-corrected chi connectivity index (χ4v) is 3.48. The Bertz CT molecular complexity index is 909. The molecule has 0 saturated carbocycles. The molecular formula is C20H23ClN6O. The van der Waals surface area contributed by atoms with Crippen LogP contribution in [0.2, 0.25) is 0 Å². The third kappa shape index (κ3) is 4.55. The summed E-state index contributed by atoms with van der Waals surface area (Å²) in [5.74, 6) is 1.20. The van der Waals surface area contributed by atoms with Crippen LogP contribution in [0.4, 0.5) is 0 Å². The first-order chi connectivity index (χ1) is 13.3. The molecule has 1 unspecified atom stereocenters. The minimum Gasteiger partial charge on any atom is -0.348 e. The van der Waals surface area contributed by atoms with Crippen LogP contribution < -0.4 is 10.6 Å². The number of carbonyl (C=O) groups is 1. The number of pyridine rings is 1. The summed E-state index contributed by atoms with van der Waals surface area (Å²) >= 11 is 0. The van der Waals surface area contributed by atoms with Gasteiger partial charge in [0, 0.05) is 23.9 Å². The standard InChI is InChI=1S/C20H22N6O.ClH/c27-20(18-6-2-1-4-16(18)10-15-7-9-21-11-15)24-12-17-5-3-8-23-19(17)26-14-22-13-25-26;/h1-6,8,13-15,21H,7,9-12H2,(H,24,27);1H. The van der Waals surface area contributed by atoms with Crippen LogP contribution in [0, 0.1) is 5.92 Å². The van der Waals surface area contributed by atoms with Gasteiger partial charge in [0.25, 0.3) is 5.91 Å². The maximum Gasteiger partial charge on any atom is 0.251 e. The van der Waals surface area contributed by atoms with Crippen LogP contribution in [0.5, 0.6) is 0 Å². The molecule has 1 saturated heterocycles. The van der Waals surface area contributed by atoms with Crippen LogP contribution in [0.1, 0.15) is 27.9 Å². The number of aromatic nitrogens is 4. The number of benzene rings is 1. The third-order valence-corrected chi connectivity index (χ3v) is 4.88. The Kier molecular flexibility index (Phi) is 6.73. The Morgan fingerprint density at radius 2 is 2.07 bits per heavy atom. The van der Waals surface area contributed by atoms with Crippen molar-refractivity contribution in [1.82, 2.24) is 30.4 Å². The SMILES string of the molecule is Cl.O=C(NCc1cccnc1-n1cncn1)c1ccccc1CC1CCNC1. The van der Waals surface area contributed by atoms with Crippen molar-refractivity contribution in [3.05, 3.63) is 71.9 Å². The summed E-state index contributed by atoms with van der Waals surface area (Å²) in [6, 6.07) is 11.6. The average Bonchev–Trinajstić information content (AvgIpc) is 3.41. The van der Waals surface area contributed by atoms with Crippen LogP contribution in [-0.4, -0.2) is 38.7 Å². The number of hydrogen-bond donors (Lipinski definition) is 2. The van der Waals surface area contributed by atoms with E-state index in [0.29, 0.717) is 18.3 Å². The number of nitrogens with one attached hydrogen (secondary N) is 2. The second kappa shape index (κ2) is 9.43. The first kappa shape index (κ1) is 20.0. The molecule has 1 aliphatic heterocycles. The lowest BCUT2D eigenvalue weighted by atomic mass is 9.94. The van der Waals surface area contributed by atoms with Gasteiger partial charge in [-0.05, 0) is 49.5 Å². The molecule has 1 amide bonds. The van der Waals surface area contributed by atoms with Crippen molar-refractivity contribution in [1.29, 1.82) is 0 Å². The molecule has 28 heavy (non-hydrogen) atoms. The maximum absolute atomic E-state index is 12.8. The van der Waals surface area contributed by atoms with Crippen LogP contribution in [0.15, 0.2) is 55.2 Å². The number of amides is 1. The van der Waals surface area contributed by atoms with Crippen molar-refractivity contribution in [3.8, 4) is 5.82 Å². The lowest BCUT2D eigenvalue weighted by molar-refractivity contribution is 0.0949. The first-order valence-corrected chi connectivity index (χ1v) is 9.17. The van der Waals surface area contributed by atoms with Gasteiger partial charge in [0.2, 0.25) is 0 Å². The molecule has 3 aromatic rings. The van der Waals surface area contributed by atoms with Gasteiger partial charge in [0.1, 0.15) is 12.7 Å². The zero-order valence-corrected chi connectivity index (χ0v) is 16.2. The van der Waals surface area contributed by atoms with E-state index in [4.69, 9.17) is 0 Å². The Hall–Kier alpha value is -2.77. The zero-order valence-electron chi connectivity index (χ0n) is 15.4. The maximum atomic E-state index is 12.8. The van der Waals surface area contributed by atoms with E-state index in [9.17, 15) is 4.79 Å². The van der Waals surface area contributed by atoms with Crippen molar-refractivity contribution >= 4 is 18.3 Å². The number of hydrogen-bond acceptors (Lipinski definition) is 5. The molecule has 4 rings (SSSR count). The number of carbonyl (C=O) groups excluding carboxylic acids is 1. The summed E-state index contributed by atoms with van der Waals surface area (Å²) in [7, 11) is 0. The highest BCUT2D eigenvalue weighted by Gasteiger charge is 2.19. The molecule has 3 heterocycles. The average molecular weight is 399 g/mol. The fraction of sp³-hybridized carbons (Fsp3) is 0.300. The molecule has 0 aliphatic carbocycles. The van der Waals surface area contributed by atoms with Gasteiger partial charge >= 0.3 is 0 Å². The van der Waals surface area contributed by atoms with Crippen LogP contribution in [0.3, 0.4) is 0 Å². The Morgan fingerprint density at radius 1 is 1.21 bits per heavy atom. The summed E-state index contributed by atoms with van der Waals surface area (Å²) in [6.07, 6.45) is 6.84. The Balaban J connectivity index is 0.00000225. The minimum absolute atomic E-state index is 0. The van der Waals surface area contributed by atoms with E-state index in [2.05, 4.69) is 31.8 Å². The molecule has 1 aromatic carbocycles. The van der Waals surface area contributed by atoms with Crippen LogP contribution in [0.25, 0.3) is 5.82 Å². The lowest BCUT2D eigenvalue weighted by Gasteiger charge is -2.14. The quantitative estimate of drug-likeness (QED) is 0.664. The predicted octanol–water partition coefficient (Wildman–Crippen LogP) is 2.17. The van der Waals surface area contributed by atoms with E-state index in [-0.39, 0.29) is 18.3 Å². The van der Waals surface area contributed by atoms with E-state index >= 15 is 0 Å². The topological polar surface area (TPSA) is 84.7 Å². The summed E-state index contributed by atoms with van der Waals surface area (Å²) in [5.41, 5.74) is 2.73. The van der Waals surface area contributed by atoms with Crippen molar-refractivity contribution in [2.24, 2.45) is 5.92 Å². The molecule has 2 aromatic heterocycles. The largest absolute Gasteiger partial charge is 0.348 e. The summed E-state index contributed by atoms with van der Waals surface area (Å²) < 4.78 is 1.60. The molecule has 1 aliphatic rings. The normalized spacial score (nSPS) is 15.8. The summed E-state index contributed by atoms with van der Waals surface area (Å²) in [5, 5.41) is 10.5. The first-order valence-electron chi connectivity index (χ1n) is 9.17. The van der Waals surface area contributed by atoms with Crippen molar-refractivity contribution < 1.29 is 4.79 Å². The summed E-state index contributed by atoms with van der Waals surface area (Å²) in [4.78, 5) is 21.2. The zero-order chi connectivity index (χ0) is 18.5. The molecular weight excluding hydrogens is 376 g/mol. The van der Waals surface area contributed by atoms with E-state index in [1.54, 1.807) is 17.2 Å². The lowest BCUT2D eigenvalue weighted by Crippen LogP contribution is -2.25. The molecule has 0 spiro atoms. The van der Waals surface area contributed by atoms with E-state index in [1.807, 2.05) is 30.3 Å². The molecule has 1 fully saturated rings. The van der Waals surface area contributed by atoms with Gasteiger partial charge in [0.05, 0.1) is 0 Å². The van der Waals surface area contributed by atoms with Crippen molar-refractivity contribution in [2.45, 2.75) is 19.4 Å². The van der Waals surface area contributed by atoms with Crippen LogP contribution in [-0.2, 0) is 13.0 Å². The van der Waals surface area contributed by atoms with Gasteiger partial charge in [-0.2, -0.15) is 5.10 Å². The second-order valence-corrected chi connectivity index (χ2v) is 6.73. The molecule has 146 valence electrons. The molecule has 0 bridgehead atoms. The summed E-state index contributed by atoms with van der Waals surface area (Å²) in [6.45, 7) is 2.46. The minimum atomic E-state index is -0.0649. The molecule has 1 atom stereocenters. The van der Waals surface area contributed by atoms with Crippen molar-refractivity contribution in [3.63, 3.8) is 0 Å². The fourth-order valence-electron chi connectivity index (χ4n) is 3.48. The van der Waals surface area contributed by atoms with Gasteiger partial charge in [0.15, 0.2) is 5.82 Å². The van der Waals surface area contributed by atoms with E-state index < -0.39 is 0 Å². The van der Waals surface area contributed by atoms with E-state index in [1.165, 1.54) is 6.33 Å². The highest BCUT2D eigenvalue weighted by Crippen LogP contribution is 2.19. The smallest absolute Gasteiger partial charge is 0.251 e. The third-order valence-electron chi connectivity index (χ3n) is 4.88. The predicted molar refractivity (Wildman–Crippen MR) is 109 cm³/mol. The van der Waals surface area contributed by atoms with Crippen molar-refractivity contribution in [2.75, 3.05) is 13.1 Å². The highest BCUT2D eigenvalue weighted by molar-refractivity contribution is 5.95. The van der Waals surface area contributed by atoms with Crippen LogP contribution >= 0.6 is 12.4 Å².